The zero-order valence-corrected chi connectivity index (χ0v) is 13.9. The van der Waals surface area contributed by atoms with Crippen LogP contribution in [0.4, 0.5) is 0 Å². The van der Waals surface area contributed by atoms with E-state index in [1.807, 2.05) is 18.2 Å². The van der Waals surface area contributed by atoms with Crippen molar-refractivity contribution in [3.63, 3.8) is 0 Å². The number of esters is 1. The fourth-order valence-corrected chi connectivity index (χ4v) is 2.46. The molecule has 0 aliphatic carbocycles. The number of nitrogens with zero attached hydrogens (tertiary/aromatic N) is 1. The number of rotatable bonds is 4. The van der Waals surface area contributed by atoms with E-state index in [0.717, 1.165) is 19.6 Å². The second-order valence-electron chi connectivity index (χ2n) is 6.63. The van der Waals surface area contributed by atoms with Crippen molar-refractivity contribution in [1.82, 2.24) is 4.90 Å². The first-order valence-corrected chi connectivity index (χ1v) is 7.45. The quantitative estimate of drug-likeness (QED) is 0.752. The Morgan fingerprint density at radius 2 is 1.76 bits per heavy atom. The van der Waals surface area contributed by atoms with Gasteiger partial charge in [-0.25, -0.2) is 4.79 Å². The second kappa shape index (κ2) is 7.81. The highest BCUT2D eigenvalue weighted by Crippen LogP contribution is 2.25. The zero-order valence-electron chi connectivity index (χ0n) is 13.1. The summed E-state index contributed by atoms with van der Waals surface area (Å²) in [6, 6.07) is 9.24. The molecule has 0 amide bonds. The van der Waals surface area contributed by atoms with E-state index in [9.17, 15) is 4.79 Å². The van der Waals surface area contributed by atoms with Gasteiger partial charge in [-0.2, -0.15) is 0 Å². The third-order valence-corrected chi connectivity index (χ3v) is 3.85. The Morgan fingerprint density at radius 3 is 2.29 bits per heavy atom. The fraction of sp³-hybridized carbons (Fsp3) is 0.588. The van der Waals surface area contributed by atoms with Crippen LogP contribution in [0.25, 0.3) is 0 Å². The van der Waals surface area contributed by atoms with Gasteiger partial charge in [0.15, 0.2) is 0 Å². The van der Waals surface area contributed by atoms with Gasteiger partial charge in [0, 0.05) is 12.0 Å². The molecule has 1 heterocycles. The van der Waals surface area contributed by atoms with Crippen LogP contribution in [0, 0.1) is 5.41 Å². The van der Waals surface area contributed by atoms with Gasteiger partial charge in [-0.15, -0.1) is 0 Å². The third-order valence-electron chi connectivity index (χ3n) is 3.85. The summed E-state index contributed by atoms with van der Waals surface area (Å²) in [4.78, 5) is 14.6. The van der Waals surface area contributed by atoms with Crippen LogP contribution in [-0.2, 0) is 4.74 Å². The van der Waals surface area contributed by atoms with Gasteiger partial charge in [-0.1, -0.05) is 39.0 Å². The Hall–Kier alpha value is -1.06. The molecule has 0 N–H and O–H groups in total. The highest BCUT2D eigenvalue weighted by molar-refractivity contribution is 5.89. The largest absolute Gasteiger partial charge is 1.00 e. The summed E-state index contributed by atoms with van der Waals surface area (Å²) in [6.07, 6.45) is 2.43. The number of hydrogen-bond acceptors (Lipinski definition) is 3. The molecule has 1 saturated heterocycles. The van der Waals surface area contributed by atoms with E-state index in [1.54, 1.807) is 12.1 Å². The van der Waals surface area contributed by atoms with Crippen molar-refractivity contribution in [1.29, 1.82) is 0 Å². The molecule has 21 heavy (non-hydrogen) atoms. The minimum atomic E-state index is -0.218. The van der Waals surface area contributed by atoms with Crippen LogP contribution in [0.5, 0.6) is 0 Å². The van der Waals surface area contributed by atoms with Crippen molar-refractivity contribution in [2.45, 2.75) is 39.7 Å². The molecule has 4 heteroatoms. The van der Waals surface area contributed by atoms with E-state index in [4.69, 9.17) is 4.74 Å². The number of hydrogen-bond donors (Lipinski definition) is 0. The molecule has 1 aliphatic heterocycles. The first-order chi connectivity index (χ1) is 9.47. The minimum absolute atomic E-state index is 0. The van der Waals surface area contributed by atoms with E-state index < -0.39 is 0 Å². The number of likely N-dealkylation sites (tertiary alicyclic amines) is 1. The normalized spacial score (nSPS) is 17.1. The summed E-state index contributed by atoms with van der Waals surface area (Å²) in [6.45, 7) is 9.47. The van der Waals surface area contributed by atoms with Gasteiger partial charge < -0.3 is 17.1 Å². The van der Waals surface area contributed by atoms with Crippen LogP contribution in [0.3, 0.4) is 0 Å². The molecule has 0 bridgehead atoms. The molecule has 0 saturated carbocycles. The lowest BCUT2D eigenvalue weighted by Gasteiger charge is -2.33. The smallest absolute Gasteiger partial charge is 0.338 e. The van der Waals surface area contributed by atoms with Gasteiger partial charge in [-0.05, 0) is 38.1 Å². The van der Waals surface area contributed by atoms with Gasteiger partial charge in [0.1, 0.15) is 6.10 Å². The Balaban J connectivity index is 0.00000220. The molecule has 3 nitrogen and oxygen atoms in total. The average molecular weight is 311 g/mol. The zero-order chi connectivity index (χ0) is 14.6. The average Bonchev–Trinajstić information content (AvgIpc) is 2.91. The van der Waals surface area contributed by atoms with Crippen molar-refractivity contribution >= 4 is 5.97 Å². The molecule has 1 aromatic carbocycles. The molecule has 1 fully saturated rings. The number of ether oxygens (including phenoxy) is 1. The summed E-state index contributed by atoms with van der Waals surface area (Å²) >= 11 is 0. The van der Waals surface area contributed by atoms with Crippen molar-refractivity contribution < 1.29 is 21.9 Å². The van der Waals surface area contributed by atoms with E-state index in [1.165, 1.54) is 12.8 Å². The Kier molecular flexibility index (Phi) is 6.69. The lowest BCUT2D eigenvalue weighted by Crippen LogP contribution is -3.00. The maximum atomic E-state index is 12.2. The molecule has 0 aromatic heterocycles. The molecular weight excluding hydrogens is 286 g/mol. The summed E-state index contributed by atoms with van der Waals surface area (Å²) in [5.74, 6) is -0.218. The molecule has 118 valence electrons. The van der Waals surface area contributed by atoms with Crippen LogP contribution in [0.1, 0.15) is 44.0 Å². The number of carbonyl (C=O) groups is 1. The standard InChI is InChI=1S/C17H25NO2.ClH/c1-17(2,3)15(13-18-11-7-8-12-18)20-16(19)14-9-5-4-6-10-14;/h4-6,9-10,15H,7-8,11-13H2,1-3H3;1H/p-1. The Bertz CT molecular complexity index is 436. The van der Waals surface area contributed by atoms with Gasteiger partial charge in [0.2, 0.25) is 0 Å². The van der Waals surface area contributed by atoms with Gasteiger partial charge in [-0.3, -0.25) is 4.90 Å². The molecular formula is C17H25ClNO2-. The summed E-state index contributed by atoms with van der Waals surface area (Å²) < 4.78 is 5.78. The van der Waals surface area contributed by atoms with Crippen LogP contribution in [-0.4, -0.2) is 36.6 Å². The summed E-state index contributed by atoms with van der Waals surface area (Å²) in [5.41, 5.74) is 0.579. The van der Waals surface area contributed by atoms with E-state index in [0.29, 0.717) is 5.56 Å². The number of halogens is 1. The second-order valence-corrected chi connectivity index (χ2v) is 6.63. The highest BCUT2D eigenvalue weighted by Gasteiger charge is 2.31. The molecule has 0 radical (unpaired) electrons. The van der Waals surface area contributed by atoms with Crippen LogP contribution in [0.15, 0.2) is 30.3 Å². The lowest BCUT2D eigenvalue weighted by molar-refractivity contribution is -0.0145. The maximum absolute atomic E-state index is 12.2. The van der Waals surface area contributed by atoms with E-state index in [-0.39, 0.29) is 29.9 Å². The molecule has 0 spiro atoms. The molecule has 1 aliphatic rings. The van der Waals surface area contributed by atoms with Crippen LogP contribution in [0.2, 0.25) is 0 Å². The number of benzene rings is 1. The van der Waals surface area contributed by atoms with Crippen LogP contribution >= 0.6 is 0 Å². The van der Waals surface area contributed by atoms with Gasteiger partial charge in [0.25, 0.3) is 0 Å². The summed E-state index contributed by atoms with van der Waals surface area (Å²) in [5, 5.41) is 0. The maximum Gasteiger partial charge on any atom is 0.338 e. The third kappa shape index (κ3) is 5.33. The van der Waals surface area contributed by atoms with Crippen molar-refractivity contribution in [2.75, 3.05) is 19.6 Å². The molecule has 1 unspecified atom stereocenters. The molecule has 1 aromatic rings. The predicted octanol–water partition coefficient (Wildman–Crippen LogP) is 0.358. The fourth-order valence-electron chi connectivity index (χ4n) is 2.46. The molecule has 1 atom stereocenters. The predicted molar refractivity (Wildman–Crippen MR) is 80.8 cm³/mol. The van der Waals surface area contributed by atoms with E-state index in [2.05, 4.69) is 25.7 Å². The first kappa shape index (κ1) is 18.0. The number of carbonyl (C=O) groups excluding carboxylic acids is 1. The minimum Gasteiger partial charge on any atom is -1.00 e. The Labute approximate surface area is 134 Å². The monoisotopic (exact) mass is 310 g/mol. The van der Waals surface area contributed by atoms with Crippen LogP contribution < -0.4 is 12.4 Å². The first-order valence-electron chi connectivity index (χ1n) is 7.45. The highest BCUT2D eigenvalue weighted by atomic mass is 35.5. The van der Waals surface area contributed by atoms with Gasteiger partial charge >= 0.3 is 5.97 Å². The molecule has 2 rings (SSSR count). The van der Waals surface area contributed by atoms with Crippen molar-refractivity contribution in [3.8, 4) is 0 Å². The summed E-state index contributed by atoms with van der Waals surface area (Å²) in [7, 11) is 0. The van der Waals surface area contributed by atoms with Crippen molar-refractivity contribution in [3.05, 3.63) is 35.9 Å². The SMILES string of the molecule is CC(C)(C)C(CN1CCCC1)OC(=O)c1ccccc1.[Cl-]. The van der Waals surface area contributed by atoms with Crippen molar-refractivity contribution in [2.24, 2.45) is 5.41 Å². The van der Waals surface area contributed by atoms with Gasteiger partial charge in [0.05, 0.1) is 5.56 Å². The Morgan fingerprint density at radius 1 is 1.19 bits per heavy atom. The van der Waals surface area contributed by atoms with E-state index >= 15 is 0 Å². The topological polar surface area (TPSA) is 29.5 Å². The lowest BCUT2D eigenvalue weighted by atomic mass is 9.88.